The molecule has 0 aliphatic heterocycles. The third-order valence-corrected chi connectivity index (χ3v) is 4.97. The van der Waals surface area contributed by atoms with Gasteiger partial charge in [0.15, 0.2) is 17.3 Å². The molecule has 2 aromatic carbocycles. The van der Waals surface area contributed by atoms with Crippen LogP contribution in [-0.4, -0.2) is 36.9 Å². The van der Waals surface area contributed by atoms with Crippen LogP contribution in [0.25, 0.3) is 0 Å². The summed E-state index contributed by atoms with van der Waals surface area (Å²) < 4.78 is 16.5. The number of rotatable bonds is 8. The van der Waals surface area contributed by atoms with E-state index in [1.54, 1.807) is 7.11 Å². The monoisotopic (exact) mass is 423 g/mol. The Bertz CT molecular complexity index is 993. The molecule has 31 heavy (non-hydrogen) atoms. The van der Waals surface area contributed by atoms with Gasteiger partial charge in [-0.15, -0.1) is 0 Å². The normalized spacial score (nSPS) is 16.9. The van der Waals surface area contributed by atoms with Crippen molar-refractivity contribution in [3.05, 3.63) is 59.4 Å². The summed E-state index contributed by atoms with van der Waals surface area (Å²) in [6, 6.07) is 12.9. The minimum absolute atomic E-state index is 0.0259. The number of benzene rings is 2. The highest BCUT2D eigenvalue weighted by atomic mass is 16.5. The van der Waals surface area contributed by atoms with Crippen molar-refractivity contribution in [2.75, 3.05) is 20.3 Å². The van der Waals surface area contributed by atoms with Crippen LogP contribution in [0.5, 0.6) is 17.2 Å². The molecule has 0 saturated heterocycles. The number of aliphatic hydroxyl groups excluding tert-OH is 1. The first-order valence-electron chi connectivity index (χ1n) is 10.6. The van der Waals surface area contributed by atoms with Crippen molar-refractivity contribution in [1.82, 2.24) is 0 Å². The molecular weight excluding hydrogens is 394 g/mol. The quantitative estimate of drug-likeness (QED) is 0.456. The number of Topliss-reactive ketones (excluding diaryl/α,β-unsaturated/α-hetero) is 1. The lowest BCUT2D eigenvalue weighted by molar-refractivity contribution is -0.115. The van der Waals surface area contributed by atoms with E-state index in [0.29, 0.717) is 60.3 Å². The number of aliphatic hydroxyl groups is 1. The van der Waals surface area contributed by atoms with Gasteiger partial charge in [-0.05, 0) is 56.5 Å². The predicted octanol–water partition coefficient (Wildman–Crippen LogP) is 5.37. The molecular formula is C25H29NO5. The van der Waals surface area contributed by atoms with E-state index in [-0.39, 0.29) is 18.0 Å². The minimum Gasteiger partial charge on any atom is -0.511 e. The highest BCUT2D eigenvalue weighted by Crippen LogP contribution is 2.31. The maximum atomic E-state index is 12.7. The van der Waals surface area contributed by atoms with E-state index in [4.69, 9.17) is 14.2 Å². The topological polar surface area (TPSA) is 77.4 Å². The molecule has 1 aliphatic carbocycles. The van der Waals surface area contributed by atoms with Gasteiger partial charge in [-0.1, -0.05) is 12.1 Å². The van der Waals surface area contributed by atoms with E-state index in [2.05, 4.69) is 4.99 Å². The van der Waals surface area contributed by atoms with Gasteiger partial charge in [0.1, 0.15) is 11.5 Å². The molecule has 2 aromatic rings. The summed E-state index contributed by atoms with van der Waals surface area (Å²) in [5, 5.41) is 10.9. The molecule has 0 bridgehead atoms. The summed E-state index contributed by atoms with van der Waals surface area (Å²) in [5.74, 6) is 1.92. The van der Waals surface area contributed by atoms with Crippen molar-refractivity contribution < 1.29 is 24.1 Å². The van der Waals surface area contributed by atoms with E-state index in [9.17, 15) is 9.90 Å². The molecule has 1 saturated carbocycles. The second-order valence-corrected chi connectivity index (χ2v) is 7.18. The molecule has 0 heterocycles. The Morgan fingerprint density at radius 2 is 1.81 bits per heavy atom. The number of methoxy groups -OCH3 is 1. The summed E-state index contributed by atoms with van der Waals surface area (Å²) in [6.45, 7) is 4.86. The summed E-state index contributed by atoms with van der Waals surface area (Å²) >= 11 is 0. The minimum atomic E-state index is -0.0821. The lowest BCUT2D eigenvalue weighted by atomic mass is 9.89. The van der Waals surface area contributed by atoms with Gasteiger partial charge in [0.05, 0.1) is 37.3 Å². The Morgan fingerprint density at radius 1 is 1.03 bits per heavy atom. The van der Waals surface area contributed by atoms with Gasteiger partial charge < -0.3 is 19.3 Å². The Balaban J connectivity index is 1.94. The predicted molar refractivity (Wildman–Crippen MR) is 121 cm³/mol. The van der Waals surface area contributed by atoms with Gasteiger partial charge in [0.25, 0.3) is 0 Å². The fraction of sp³-hybridized carbons (Fsp3) is 0.360. The van der Waals surface area contributed by atoms with Crippen LogP contribution in [0, 0.1) is 0 Å². The molecule has 3 rings (SSSR count). The average molecular weight is 424 g/mol. The van der Waals surface area contributed by atoms with Crippen LogP contribution in [-0.2, 0) is 11.2 Å². The van der Waals surface area contributed by atoms with Gasteiger partial charge in [0.2, 0.25) is 0 Å². The first-order chi connectivity index (χ1) is 15.0. The number of ether oxygens (including phenoxy) is 3. The number of carbonyl (C=O) groups excluding carboxylic acids is 1. The van der Waals surface area contributed by atoms with Crippen molar-refractivity contribution in [2.45, 2.75) is 39.5 Å². The molecule has 0 unspecified atom stereocenters. The molecule has 6 heteroatoms. The Morgan fingerprint density at radius 3 is 2.55 bits per heavy atom. The van der Waals surface area contributed by atoms with Crippen LogP contribution < -0.4 is 14.2 Å². The maximum absolute atomic E-state index is 12.7. The van der Waals surface area contributed by atoms with Crippen molar-refractivity contribution in [1.29, 1.82) is 0 Å². The van der Waals surface area contributed by atoms with Crippen LogP contribution in [0.4, 0.5) is 5.69 Å². The maximum Gasteiger partial charge on any atom is 0.168 e. The van der Waals surface area contributed by atoms with E-state index in [0.717, 1.165) is 12.0 Å². The Labute approximate surface area is 183 Å². The van der Waals surface area contributed by atoms with Crippen LogP contribution in [0.1, 0.15) is 38.7 Å². The summed E-state index contributed by atoms with van der Waals surface area (Å²) in [7, 11) is 1.60. The number of hydrogen-bond acceptors (Lipinski definition) is 6. The van der Waals surface area contributed by atoms with Gasteiger partial charge in [-0.3, -0.25) is 9.79 Å². The number of ketones is 1. The van der Waals surface area contributed by atoms with Crippen LogP contribution in [0.2, 0.25) is 0 Å². The highest BCUT2D eigenvalue weighted by molar-refractivity contribution is 6.24. The largest absolute Gasteiger partial charge is 0.511 e. The summed E-state index contributed by atoms with van der Waals surface area (Å²) in [6.07, 6.45) is 1.97. The van der Waals surface area contributed by atoms with E-state index >= 15 is 0 Å². The molecule has 0 atom stereocenters. The van der Waals surface area contributed by atoms with Crippen molar-refractivity contribution in [3.63, 3.8) is 0 Å². The van der Waals surface area contributed by atoms with Crippen molar-refractivity contribution in [2.24, 2.45) is 4.99 Å². The number of allylic oxidation sites excluding steroid dienone is 2. The summed E-state index contributed by atoms with van der Waals surface area (Å²) in [4.78, 5) is 17.4. The smallest absolute Gasteiger partial charge is 0.168 e. The van der Waals surface area contributed by atoms with Crippen molar-refractivity contribution in [3.8, 4) is 17.2 Å². The zero-order valence-corrected chi connectivity index (χ0v) is 18.3. The van der Waals surface area contributed by atoms with Gasteiger partial charge in [0, 0.05) is 18.9 Å². The van der Waals surface area contributed by atoms with E-state index in [1.165, 1.54) is 0 Å². The number of carbonyl (C=O) groups is 1. The third kappa shape index (κ3) is 5.66. The molecule has 0 amide bonds. The van der Waals surface area contributed by atoms with Crippen LogP contribution in [0.3, 0.4) is 0 Å². The molecule has 0 spiro atoms. The standard InChI is InChI=1S/C25H29NO5/c1-4-30-23-13-12-17(15-24(23)31-5-2)14-22(28)25-20(10-7-11-21(25)27)26-18-8-6-9-19(16-18)29-3/h6,8-9,12-13,15-16,28H,4-5,7,10-11,14H2,1-3H3/b25-22+,26-20?. The first-order valence-corrected chi connectivity index (χ1v) is 10.6. The molecule has 164 valence electrons. The zero-order chi connectivity index (χ0) is 22.2. The Kier molecular flexibility index (Phi) is 7.70. The first kappa shape index (κ1) is 22.4. The molecule has 1 aliphatic rings. The molecule has 0 radical (unpaired) electrons. The Hall–Kier alpha value is -3.28. The molecule has 1 N–H and O–H groups in total. The van der Waals surface area contributed by atoms with Gasteiger partial charge in [-0.25, -0.2) is 0 Å². The van der Waals surface area contributed by atoms with Crippen molar-refractivity contribution >= 4 is 17.2 Å². The molecule has 6 nitrogen and oxygen atoms in total. The SMILES string of the molecule is CCOc1ccc(C/C(O)=C2\C(=O)CCCC2=Nc2cccc(OC)c2)cc1OCC. The van der Waals surface area contributed by atoms with E-state index in [1.807, 2.05) is 56.3 Å². The molecule has 1 fully saturated rings. The highest BCUT2D eigenvalue weighted by Gasteiger charge is 2.26. The van der Waals surface area contributed by atoms with E-state index < -0.39 is 0 Å². The summed E-state index contributed by atoms with van der Waals surface area (Å²) in [5.41, 5.74) is 2.45. The molecule has 0 aromatic heterocycles. The van der Waals surface area contributed by atoms with Crippen LogP contribution >= 0.6 is 0 Å². The fourth-order valence-electron chi connectivity index (χ4n) is 3.59. The van der Waals surface area contributed by atoms with Crippen LogP contribution in [0.15, 0.2) is 58.8 Å². The zero-order valence-electron chi connectivity index (χ0n) is 18.3. The second-order valence-electron chi connectivity index (χ2n) is 7.18. The number of hydrogen-bond donors (Lipinski definition) is 1. The number of nitrogens with zero attached hydrogens (tertiary/aromatic N) is 1. The lowest BCUT2D eigenvalue weighted by Crippen LogP contribution is -2.21. The fourth-order valence-corrected chi connectivity index (χ4v) is 3.59. The number of aliphatic imine (C=N–C) groups is 1. The van der Waals surface area contributed by atoms with Gasteiger partial charge in [-0.2, -0.15) is 0 Å². The third-order valence-electron chi connectivity index (χ3n) is 4.97. The second kappa shape index (κ2) is 10.7. The van der Waals surface area contributed by atoms with Gasteiger partial charge >= 0.3 is 0 Å². The lowest BCUT2D eigenvalue weighted by Gasteiger charge is -2.18. The average Bonchev–Trinajstić information content (AvgIpc) is 2.76.